The van der Waals surface area contributed by atoms with E-state index in [4.69, 9.17) is 11.6 Å². The molecule has 0 radical (unpaired) electrons. The zero-order chi connectivity index (χ0) is 20.4. The second-order valence-corrected chi connectivity index (χ2v) is 8.44. The molecule has 1 aliphatic carbocycles. The van der Waals surface area contributed by atoms with E-state index in [-0.39, 0.29) is 30.3 Å². The third-order valence-electron chi connectivity index (χ3n) is 6.27. The number of carbonyl (C=O) groups is 2. The number of hydrogen-bond donors (Lipinski definition) is 0. The minimum absolute atomic E-state index is 0.00518. The molecule has 1 aliphatic heterocycles. The number of rotatable bonds is 5. The molecule has 2 aliphatic rings. The zero-order valence-corrected chi connectivity index (χ0v) is 17.6. The second kappa shape index (κ2) is 8.62. The fraction of sp³-hybridized carbons (Fsp3) is 0.478. The lowest BCUT2D eigenvalue weighted by Gasteiger charge is -2.38. The Morgan fingerprint density at radius 2 is 1.83 bits per heavy atom. The fourth-order valence-electron chi connectivity index (χ4n) is 4.68. The van der Waals surface area contributed by atoms with Gasteiger partial charge < -0.3 is 14.4 Å². The van der Waals surface area contributed by atoms with E-state index in [2.05, 4.69) is 16.8 Å². The second-order valence-electron chi connectivity index (χ2n) is 8.00. The molecular formula is C23H28ClN3O2. The van der Waals surface area contributed by atoms with Crippen LogP contribution in [0, 0.1) is 5.92 Å². The molecule has 5 nitrogen and oxygen atoms in total. The van der Waals surface area contributed by atoms with Crippen molar-refractivity contribution in [3.63, 3.8) is 0 Å². The predicted octanol–water partition coefficient (Wildman–Crippen LogP) is 4.11. The molecule has 0 spiro atoms. The largest absolute Gasteiger partial charge is 0.348 e. The Morgan fingerprint density at radius 3 is 2.52 bits per heavy atom. The first kappa shape index (κ1) is 20.0. The molecule has 1 fully saturated rings. The maximum atomic E-state index is 13.4. The van der Waals surface area contributed by atoms with E-state index in [1.54, 1.807) is 4.90 Å². The minimum atomic E-state index is -0.163. The predicted molar refractivity (Wildman–Crippen MR) is 114 cm³/mol. The van der Waals surface area contributed by atoms with Gasteiger partial charge in [-0.3, -0.25) is 9.59 Å². The van der Waals surface area contributed by atoms with Crippen LogP contribution in [0.5, 0.6) is 0 Å². The van der Waals surface area contributed by atoms with Gasteiger partial charge in [0.15, 0.2) is 0 Å². The summed E-state index contributed by atoms with van der Waals surface area (Å²) in [5, 5.41) is 0.678. The van der Waals surface area contributed by atoms with Crippen molar-refractivity contribution < 1.29 is 9.59 Å². The van der Waals surface area contributed by atoms with Crippen LogP contribution in [0.2, 0.25) is 5.02 Å². The standard InChI is InChI=1S/C23H28ClN3O2/c1-2-25(23(29)18-6-3-4-7-18)16-21(28)27-15-14-26-13-5-8-20(26)22(27)17-9-11-19(24)12-10-17/h5,8-13,18,22H,2-4,6-7,14-16H2,1H3/t22-/m0/s1. The smallest absolute Gasteiger partial charge is 0.243 e. The highest BCUT2D eigenvalue weighted by Gasteiger charge is 2.34. The van der Waals surface area contributed by atoms with E-state index in [0.29, 0.717) is 18.1 Å². The van der Waals surface area contributed by atoms with Crippen LogP contribution in [0.15, 0.2) is 42.6 Å². The Hall–Kier alpha value is -2.27. The van der Waals surface area contributed by atoms with Gasteiger partial charge in [-0.25, -0.2) is 0 Å². The van der Waals surface area contributed by atoms with Crippen molar-refractivity contribution >= 4 is 23.4 Å². The van der Waals surface area contributed by atoms with E-state index in [1.165, 1.54) is 0 Å². The average molecular weight is 414 g/mol. The van der Waals surface area contributed by atoms with Crippen LogP contribution in [-0.4, -0.2) is 45.8 Å². The molecule has 2 aromatic rings. The molecule has 2 amide bonds. The number of likely N-dealkylation sites (N-methyl/N-ethyl adjacent to an activating group) is 1. The lowest BCUT2D eigenvalue weighted by molar-refractivity contribution is -0.144. The number of hydrogen-bond acceptors (Lipinski definition) is 2. The first-order chi connectivity index (χ1) is 14.1. The number of nitrogens with zero attached hydrogens (tertiary/aromatic N) is 3. The molecule has 0 unspecified atom stereocenters. The van der Waals surface area contributed by atoms with Gasteiger partial charge in [0.1, 0.15) is 0 Å². The van der Waals surface area contributed by atoms with Gasteiger partial charge in [-0.05, 0) is 49.6 Å². The van der Waals surface area contributed by atoms with E-state index in [9.17, 15) is 9.59 Å². The lowest BCUT2D eigenvalue weighted by Crippen LogP contribution is -2.48. The number of benzene rings is 1. The summed E-state index contributed by atoms with van der Waals surface area (Å²) in [5.41, 5.74) is 2.13. The van der Waals surface area contributed by atoms with Crippen molar-refractivity contribution in [2.45, 2.75) is 45.2 Å². The molecule has 1 atom stereocenters. The Bertz CT molecular complexity index is 871. The van der Waals surface area contributed by atoms with Crippen LogP contribution in [0.25, 0.3) is 0 Å². The molecule has 4 rings (SSSR count). The van der Waals surface area contributed by atoms with Crippen molar-refractivity contribution in [1.29, 1.82) is 0 Å². The Kier molecular flexibility index (Phi) is 5.95. The fourth-order valence-corrected chi connectivity index (χ4v) is 4.80. The zero-order valence-electron chi connectivity index (χ0n) is 16.9. The van der Waals surface area contributed by atoms with Crippen molar-refractivity contribution in [1.82, 2.24) is 14.4 Å². The van der Waals surface area contributed by atoms with Crippen molar-refractivity contribution in [3.05, 3.63) is 58.9 Å². The van der Waals surface area contributed by atoms with Gasteiger partial charge in [0.25, 0.3) is 0 Å². The first-order valence-electron chi connectivity index (χ1n) is 10.6. The highest BCUT2D eigenvalue weighted by Crippen LogP contribution is 2.33. The molecule has 1 aromatic heterocycles. The molecule has 1 aromatic carbocycles. The molecule has 0 bridgehead atoms. The Labute approximate surface area is 177 Å². The summed E-state index contributed by atoms with van der Waals surface area (Å²) < 4.78 is 2.20. The van der Waals surface area contributed by atoms with Gasteiger partial charge in [0.05, 0.1) is 12.6 Å². The first-order valence-corrected chi connectivity index (χ1v) is 10.9. The Morgan fingerprint density at radius 1 is 1.10 bits per heavy atom. The van der Waals surface area contributed by atoms with E-state index in [0.717, 1.165) is 43.5 Å². The van der Waals surface area contributed by atoms with Crippen LogP contribution in [0.1, 0.15) is 49.9 Å². The minimum Gasteiger partial charge on any atom is -0.348 e. The molecule has 154 valence electrons. The summed E-state index contributed by atoms with van der Waals surface area (Å²) in [5.74, 6) is 0.237. The van der Waals surface area contributed by atoms with E-state index in [1.807, 2.05) is 42.2 Å². The summed E-state index contributed by atoms with van der Waals surface area (Å²) >= 11 is 6.08. The van der Waals surface area contributed by atoms with Gasteiger partial charge in [-0.1, -0.05) is 36.6 Å². The molecule has 0 saturated heterocycles. The van der Waals surface area contributed by atoms with Gasteiger partial charge in [-0.15, -0.1) is 0 Å². The number of aromatic nitrogens is 1. The van der Waals surface area contributed by atoms with Crippen LogP contribution in [0.4, 0.5) is 0 Å². The van der Waals surface area contributed by atoms with Crippen LogP contribution in [-0.2, 0) is 16.1 Å². The molecule has 2 heterocycles. The van der Waals surface area contributed by atoms with Crippen molar-refractivity contribution in [3.8, 4) is 0 Å². The summed E-state index contributed by atoms with van der Waals surface area (Å²) in [4.78, 5) is 29.9. The lowest BCUT2D eigenvalue weighted by atomic mass is 9.99. The van der Waals surface area contributed by atoms with Crippen molar-refractivity contribution in [2.75, 3.05) is 19.6 Å². The molecule has 0 N–H and O–H groups in total. The quantitative estimate of drug-likeness (QED) is 0.740. The van der Waals surface area contributed by atoms with Gasteiger partial charge in [-0.2, -0.15) is 0 Å². The van der Waals surface area contributed by atoms with Crippen LogP contribution < -0.4 is 0 Å². The summed E-state index contributed by atoms with van der Waals surface area (Å²) in [6.07, 6.45) is 6.19. The average Bonchev–Trinajstić information content (AvgIpc) is 3.43. The van der Waals surface area contributed by atoms with Gasteiger partial charge >= 0.3 is 0 Å². The molecule has 6 heteroatoms. The molecule has 1 saturated carbocycles. The SMILES string of the molecule is CCN(CC(=O)N1CCn2cccc2[C@@H]1c1ccc(Cl)cc1)C(=O)C1CCCC1. The number of fused-ring (bicyclic) bond motifs is 1. The summed E-state index contributed by atoms with van der Waals surface area (Å²) in [7, 11) is 0. The van der Waals surface area contributed by atoms with Gasteiger partial charge in [0, 0.05) is 42.5 Å². The summed E-state index contributed by atoms with van der Waals surface area (Å²) in [6.45, 7) is 4.07. The monoisotopic (exact) mass is 413 g/mol. The number of amides is 2. The topological polar surface area (TPSA) is 45.6 Å². The molecule has 29 heavy (non-hydrogen) atoms. The van der Waals surface area contributed by atoms with E-state index < -0.39 is 0 Å². The normalized spacial score (nSPS) is 19.2. The van der Waals surface area contributed by atoms with Crippen molar-refractivity contribution in [2.24, 2.45) is 5.92 Å². The third-order valence-corrected chi connectivity index (χ3v) is 6.52. The highest BCUT2D eigenvalue weighted by molar-refractivity contribution is 6.30. The maximum Gasteiger partial charge on any atom is 0.243 e. The highest BCUT2D eigenvalue weighted by atomic mass is 35.5. The van der Waals surface area contributed by atoms with Crippen LogP contribution >= 0.6 is 11.6 Å². The number of carbonyl (C=O) groups excluding carboxylic acids is 2. The summed E-state index contributed by atoms with van der Waals surface area (Å²) in [6, 6.07) is 11.6. The van der Waals surface area contributed by atoms with Crippen LogP contribution in [0.3, 0.4) is 0 Å². The number of halogens is 1. The third kappa shape index (κ3) is 4.06. The van der Waals surface area contributed by atoms with E-state index >= 15 is 0 Å². The maximum absolute atomic E-state index is 13.4. The Balaban J connectivity index is 1.57. The molecular weight excluding hydrogens is 386 g/mol. The van der Waals surface area contributed by atoms with Gasteiger partial charge in [0.2, 0.25) is 11.8 Å².